The fourth-order valence-electron chi connectivity index (χ4n) is 1.44. The average Bonchev–Trinajstić information content (AvgIpc) is 2.78. The zero-order valence-corrected chi connectivity index (χ0v) is 9.66. The Morgan fingerprint density at radius 2 is 2.17 bits per heavy atom. The molecule has 1 aromatic heterocycles. The number of benzene rings is 1. The molecule has 7 heteroatoms. The second kappa shape index (κ2) is 4.89. The van der Waals surface area contributed by atoms with Crippen molar-refractivity contribution in [3.8, 4) is 11.3 Å². The molecule has 0 radical (unpaired) electrons. The van der Waals surface area contributed by atoms with Crippen LogP contribution in [0.1, 0.15) is 5.76 Å². The van der Waals surface area contributed by atoms with Crippen LogP contribution in [0.2, 0.25) is 5.02 Å². The third-order valence-electron chi connectivity index (χ3n) is 2.24. The van der Waals surface area contributed by atoms with Gasteiger partial charge in [0.2, 0.25) is 0 Å². The summed E-state index contributed by atoms with van der Waals surface area (Å²) in [4.78, 5) is 10.2. The van der Waals surface area contributed by atoms with Gasteiger partial charge in [0.05, 0.1) is 9.95 Å². The van der Waals surface area contributed by atoms with E-state index in [1.54, 1.807) is 12.1 Å². The number of halogens is 1. The van der Waals surface area contributed by atoms with E-state index in [0.29, 0.717) is 22.1 Å². The summed E-state index contributed by atoms with van der Waals surface area (Å²) in [5.74, 6) is 0.675. The molecular weight excluding hydrogens is 260 g/mol. The van der Waals surface area contributed by atoms with Crippen molar-refractivity contribution in [1.82, 2.24) is 0 Å². The molecule has 1 N–H and O–H groups in total. The highest BCUT2D eigenvalue weighted by Gasteiger charge is 2.13. The largest absolute Gasteiger partial charge is 0.455 e. The molecule has 6 nitrogen and oxygen atoms in total. The summed E-state index contributed by atoms with van der Waals surface area (Å²) in [6, 6.07) is 7.20. The third-order valence-corrected chi connectivity index (χ3v) is 2.57. The smallest absolute Gasteiger partial charge is 0.270 e. The molecule has 0 fully saturated rings. The Hall–Kier alpha value is -2.34. The standard InChI is InChI=1S/C11H7ClN2O4/c12-10-3-1-7(14(16)17)5-9(10)11-4-2-8(18-11)6-13-15/h1-6,15H/b13-6+. The van der Waals surface area contributed by atoms with Crippen LogP contribution in [0.4, 0.5) is 5.69 Å². The third kappa shape index (κ3) is 2.33. The Labute approximate surface area is 106 Å². The Morgan fingerprint density at radius 1 is 1.39 bits per heavy atom. The van der Waals surface area contributed by atoms with Gasteiger partial charge in [-0.3, -0.25) is 10.1 Å². The van der Waals surface area contributed by atoms with Crippen LogP contribution in [0.5, 0.6) is 0 Å². The number of hydrogen-bond acceptors (Lipinski definition) is 5. The number of nitro benzene ring substituents is 1. The molecule has 0 saturated carbocycles. The molecule has 0 aliphatic rings. The van der Waals surface area contributed by atoms with Gasteiger partial charge in [-0.15, -0.1) is 0 Å². The number of hydrogen-bond donors (Lipinski definition) is 1. The first kappa shape index (κ1) is 12.1. The molecule has 2 rings (SSSR count). The van der Waals surface area contributed by atoms with Crippen LogP contribution in [-0.4, -0.2) is 16.3 Å². The van der Waals surface area contributed by atoms with Crippen LogP contribution in [0.3, 0.4) is 0 Å². The zero-order valence-electron chi connectivity index (χ0n) is 8.91. The molecule has 2 aromatic rings. The van der Waals surface area contributed by atoms with Gasteiger partial charge < -0.3 is 9.62 Å². The highest BCUT2D eigenvalue weighted by Crippen LogP contribution is 2.32. The molecule has 18 heavy (non-hydrogen) atoms. The number of furan rings is 1. The number of nitro groups is 1. The van der Waals surface area contributed by atoms with Crippen LogP contribution in [0.25, 0.3) is 11.3 Å². The first-order valence-corrected chi connectivity index (χ1v) is 5.21. The lowest BCUT2D eigenvalue weighted by molar-refractivity contribution is -0.384. The number of nitrogens with zero attached hydrogens (tertiary/aromatic N) is 2. The highest BCUT2D eigenvalue weighted by atomic mass is 35.5. The summed E-state index contributed by atoms with van der Waals surface area (Å²) >= 11 is 5.96. The van der Waals surface area contributed by atoms with E-state index in [4.69, 9.17) is 21.2 Å². The summed E-state index contributed by atoms with van der Waals surface area (Å²) in [5, 5.41) is 22.2. The monoisotopic (exact) mass is 266 g/mol. The fourth-order valence-corrected chi connectivity index (χ4v) is 1.65. The van der Waals surface area contributed by atoms with E-state index in [2.05, 4.69) is 5.16 Å². The van der Waals surface area contributed by atoms with Gasteiger partial charge in [-0.1, -0.05) is 16.8 Å². The summed E-state index contributed by atoms with van der Waals surface area (Å²) in [5.41, 5.74) is 0.326. The van der Waals surface area contributed by atoms with E-state index < -0.39 is 4.92 Å². The fraction of sp³-hybridized carbons (Fsp3) is 0. The topological polar surface area (TPSA) is 88.9 Å². The van der Waals surface area contributed by atoms with Crippen molar-refractivity contribution < 1.29 is 14.5 Å². The lowest BCUT2D eigenvalue weighted by Crippen LogP contribution is -1.88. The maximum absolute atomic E-state index is 10.7. The quantitative estimate of drug-likeness (QED) is 0.399. The molecule has 0 unspecified atom stereocenters. The van der Waals surface area contributed by atoms with E-state index in [9.17, 15) is 10.1 Å². The summed E-state index contributed by atoms with van der Waals surface area (Å²) in [7, 11) is 0. The van der Waals surface area contributed by atoms with Crippen molar-refractivity contribution in [3.63, 3.8) is 0 Å². The van der Waals surface area contributed by atoms with E-state index in [1.165, 1.54) is 18.2 Å². The van der Waals surface area contributed by atoms with Crippen molar-refractivity contribution in [1.29, 1.82) is 0 Å². The van der Waals surface area contributed by atoms with Crippen molar-refractivity contribution in [3.05, 3.63) is 51.2 Å². The van der Waals surface area contributed by atoms with Gasteiger partial charge in [-0.2, -0.15) is 0 Å². The normalized spacial score (nSPS) is 10.9. The van der Waals surface area contributed by atoms with Gasteiger partial charge in [0.1, 0.15) is 17.7 Å². The van der Waals surface area contributed by atoms with E-state index >= 15 is 0 Å². The summed E-state index contributed by atoms with van der Waals surface area (Å²) in [6.07, 6.45) is 1.11. The van der Waals surface area contributed by atoms with Gasteiger partial charge in [-0.05, 0) is 18.2 Å². The number of rotatable bonds is 3. The lowest BCUT2D eigenvalue weighted by atomic mass is 10.1. The molecule has 0 aliphatic heterocycles. The first-order chi connectivity index (χ1) is 8.61. The SMILES string of the molecule is O=[N+]([O-])c1ccc(Cl)c(-c2ccc(/C=N/O)o2)c1. The summed E-state index contributed by atoms with van der Waals surface area (Å²) < 4.78 is 5.31. The minimum Gasteiger partial charge on any atom is -0.455 e. The zero-order chi connectivity index (χ0) is 13.1. The molecular formula is C11H7ClN2O4. The molecule has 0 bridgehead atoms. The van der Waals surface area contributed by atoms with Gasteiger partial charge in [-0.25, -0.2) is 0 Å². The van der Waals surface area contributed by atoms with Crippen molar-refractivity contribution in [2.24, 2.45) is 5.16 Å². The Kier molecular flexibility index (Phi) is 3.29. The van der Waals surface area contributed by atoms with Crippen LogP contribution in [0.15, 0.2) is 39.9 Å². The molecule has 1 heterocycles. The molecule has 0 amide bonds. The molecule has 0 spiro atoms. The van der Waals surface area contributed by atoms with E-state index in [1.807, 2.05) is 0 Å². The molecule has 0 saturated heterocycles. The van der Waals surface area contributed by atoms with E-state index in [-0.39, 0.29) is 5.69 Å². The van der Waals surface area contributed by atoms with Crippen LogP contribution >= 0.6 is 11.6 Å². The van der Waals surface area contributed by atoms with Crippen molar-refractivity contribution in [2.45, 2.75) is 0 Å². The Balaban J connectivity index is 2.48. The van der Waals surface area contributed by atoms with Crippen molar-refractivity contribution >= 4 is 23.5 Å². The minimum atomic E-state index is -0.515. The average molecular weight is 267 g/mol. The van der Waals surface area contributed by atoms with Crippen molar-refractivity contribution in [2.75, 3.05) is 0 Å². The van der Waals surface area contributed by atoms with Crippen LogP contribution in [0, 0.1) is 10.1 Å². The maximum Gasteiger partial charge on any atom is 0.270 e. The number of non-ortho nitro benzene ring substituents is 1. The molecule has 1 aromatic carbocycles. The Bertz CT molecular complexity index is 621. The number of oxime groups is 1. The predicted molar refractivity (Wildman–Crippen MR) is 65.2 cm³/mol. The summed E-state index contributed by atoms with van der Waals surface area (Å²) in [6.45, 7) is 0. The van der Waals surface area contributed by atoms with Gasteiger partial charge >= 0.3 is 0 Å². The Morgan fingerprint density at radius 3 is 2.83 bits per heavy atom. The van der Waals surface area contributed by atoms with E-state index in [0.717, 1.165) is 6.21 Å². The minimum absolute atomic E-state index is 0.0804. The lowest BCUT2D eigenvalue weighted by Gasteiger charge is -2.00. The predicted octanol–water partition coefficient (Wildman–Crippen LogP) is 3.32. The van der Waals surface area contributed by atoms with Crippen LogP contribution in [-0.2, 0) is 0 Å². The maximum atomic E-state index is 10.7. The molecule has 92 valence electrons. The molecule has 0 aliphatic carbocycles. The van der Waals surface area contributed by atoms with Gasteiger partial charge in [0.15, 0.2) is 0 Å². The second-order valence-electron chi connectivity index (χ2n) is 3.37. The molecule has 0 atom stereocenters. The second-order valence-corrected chi connectivity index (χ2v) is 3.78. The van der Waals surface area contributed by atoms with Gasteiger partial charge in [0.25, 0.3) is 5.69 Å². The first-order valence-electron chi connectivity index (χ1n) is 4.83. The highest BCUT2D eigenvalue weighted by molar-refractivity contribution is 6.33. The van der Waals surface area contributed by atoms with Crippen LogP contribution < -0.4 is 0 Å². The van der Waals surface area contributed by atoms with Gasteiger partial charge in [0, 0.05) is 17.7 Å².